The number of ketones is 1. The number of H-pyrrole nitrogens is 1. The zero-order valence-electron chi connectivity index (χ0n) is 18.8. The molecule has 2 unspecified atom stereocenters. The van der Waals surface area contributed by atoms with Crippen LogP contribution < -0.4 is 9.64 Å². The number of anilines is 1. The fourth-order valence-corrected chi connectivity index (χ4v) is 5.06. The van der Waals surface area contributed by atoms with Gasteiger partial charge in [0.25, 0.3) is 11.7 Å². The Kier molecular flexibility index (Phi) is 4.74. The first-order valence-electron chi connectivity index (χ1n) is 11.3. The zero-order chi connectivity index (χ0) is 24.3. The van der Waals surface area contributed by atoms with Crippen LogP contribution >= 0.6 is 0 Å². The van der Waals surface area contributed by atoms with Crippen molar-refractivity contribution in [1.82, 2.24) is 4.98 Å². The Balaban J connectivity index is 1.58. The van der Waals surface area contributed by atoms with Gasteiger partial charge in [-0.2, -0.15) is 0 Å². The molecular formula is C28H21FN2O4. The second kappa shape index (κ2) is 7.84. The molecule has 2 aliphatic rings. The van der Waals surface area contributed by atoms with E-state index in [2.05, 4.69) is 4.98 Å². The fraction of sp³-hybridized carbons (Fsp3) is 0.143. The molecule has 2 N–H and O–H groups in total. The number of nitrogens with zero attached hydrogens (tertiary/aromatic N) is 1. The number of carbonyl (C=O) groups is 2. The van der Waals surface area contributed by atoms with Crippen LogP contribution in [0.3, 0.4) is 0 Å². The van der Waals surface area contributed by atoms with E-state index in [1.54, 1.807) is 30.5 Å². The van der Waals surface area contributed by atoms with Crippen LogP contribution in [0.25, 0.3) is 16.7 Å². The topological polar surface area (TPSA) is 82.6 Å². The lowest BCUT2D eigenvalue weighted by Crippen LogP contribution is -2.29. The lowest BCUT2D eigenvalue weighted by Gasteiger charge is -2.25. The molecule has 0 aliphatic carbocycles. The first-order chi connectivity index (χ1) is 16.9. The van der Waals surface area contributed by atoms with E-state index in [1.807, 2.05) is 31.2 Å². The maximum atomic E-state index is 14.1. The van der Waals surface area contributed by atoms with Crippen LogP contribution in [0.1, 0.15) is 29.7 Å². The Hall–Kier alpha value is -4.39. The number of rotatable bonds is 3. The van der Waals surface area contributed by atoms with E-state index in [1.165, 1.54) is 23.1 Å². The maximum absolute atomic E-state index is 14.1. The van der Waals surface area contributed by atoms with Crippen LogP contribution in [0.15, 0.2) is 78.5 Å². The number of fused-ring (bicyclic) bond motifs is 2. The van der Waals surface area contributed by atoms with Crippen LogP contribution in [0, 0.1) is 5.82 Å². The molecule has 4 aromatic rings. The highest BCUT2D eigenvalue weighted by Gasteiger charge is 2.47. The standard InChI is InChI=1S/C28H21FN2O4/c1-15-11-17-12-16(9-10-23(17)35-15)26(32)24-25(21-14-30-22-8-3-2-7-20(21)22)31(28(34)27(24)33)19-6-4-5-18(29)13-19/h2-10,12-15,25,30,32H,11H2,1H3/b26-24+. The Morgan fingerprint density at radius 2 is 1.91 bits per heavy atom. The van der Waals surface area contributed by atoms with Crippen molar-refractivity contribution >= 4 is 34.0 Å². The third kappa shape index (κ3) is 3.31. The van der Waals surface area contributed by atoms with Crippen LogP contribution in [0.5, 0.6) is 5.75 Å². The quantitative estimate of drug-likeness (QED) is 0.244. The van der Waals surface area contributed by atoms with E-state index in [-0.39, 0.29) is 23.1 Å². The molecule has 6 nitrogen and oxygen atoms in total. The molecule has 0 radical (unpaired) electrons. The Labute approximate surface area is 200 Å². The third-order valence-electron chi connectivity index (χ3n) is 6.62. The van der Waals surface area contributed by atoms with Crippen LogP contribution in [0.4, 0.5) is 10.1 Å². The molecule has 0 bridgehead atoms. The van der Waals surface area contributed by atoms with Crippen molar-refractivity contribution < 1.29 is 23.8 Å². The summed E-state index contributed by atoms with van der Waals surface area (Å²) in [7, 11) is 0. The number of halogens is 1. The van der Waals surface area contributed by atoms with Gasteiger partial charge >= 0.3 is 0 Å². The number of aromatic amines is 1. The van der Waals surface area contributed by atoms with Gasteiger partial charge in [0.1, 0.15) is 23.4 Å². The van der Waals surface area contributed by atoms with Gasteiger partial charge in [-0.3, -0.25) is 14.5 Å². The highest BCUT2D eigenvalue weighted by molar-refractivity contribution is 6.51. The first-order valence-corrected chi connectivity index (χ1v) is 11.3. The molecule has 0 saturated carbocycles. The van der Waals surface area contributed by atoms with E-state index in [0.717, 1.165) is 22.2 Å². The van der Waals surface area contributed by atoms with Crippen molar-refractivity contribution in [3.63, 3.8) is 0 Å². The molecule has 3 heterocycles. The van der Waals surface area contributed by atoms with Crippen molar-refractivity contribution in [3.8, 4) is 5.75 Å². The maximum Gasteiger partial charge on any atom is 0.300 e. The van der Waals surface area contributed by atoms with Gasteiger partial charge in [0.2, 0.25) is 0 Å². The van der Waals surface area contributed by atoms with Crippen molar-refractivity contribution in [2.45, 2.75) is 25.5 Å². The number of hydrogen-bond donors (Lipinski definition) is 2. The molecule has 3 aromatic carbocycles. The zero-order valence-corrected chi connectivity index (χ0v) is 18.8. The number of nitrogens with one attached hydrogen (secondary N) is 1. The largest absolute Gasteiger partial charge is 0.507 e. The Bertz CT molecular complexity index is 1550. The predicted octanol–water partition coefficient (Wildman–Crippen LogP) is 5.26. The lowest BCUT2D eigenvalue weighted by molar-refractivity contribution is -0.132. The number of para-hydroxylation sites is 1. The number of Topliss-reactive ketones (excluding diaryl/α,β-unsaturated/α-hetero) is 1. The number of amides is 1. The number of benzene rings is 3. The molecule has 1 fully saturated rings. The minimum Gasteiger partial charge on any atom is -0.507 e. The van der Waals surface area contributed by atoms with Gasteiger partial charge in [0, 0.05) is 40.3 Å². The summed E-state index contributed by atoms with van der Waals surface area (Å²) in [4.78, 5) is 31.1. The average molecular weight is 468 g/mol. The molecule has 35 heavy (non-hydrogen) atoms. The smallest absolute Gasteiger partial charge is 0.300 e. The Morgan fingerprint density at radius 1 is 1.09 bits per heavy atom. The van der Waals surface area contributed by atoms with E-state index < -0.39 is 23.5 Å². The number of aliphatic hydroxyl groups is 1. The van der Waals surface area contributed by atoms with Gasteiger partial charge in [0.05, 0.1) is 11.6 Å². The van der Waals surface area contributed by atoms with Gasteiger partial charge in [-0.25, -0.2) is 4.39 Å². The highest BCUT2D eigenvalue weighted by atomic mass is 19.1. The first kappa shape index (κ1) is 21.2. The molecule has 174 valence electrons. The van der Waals surface area contributed by atoms with E-state index in [4.69, 9.17) is 4.74 Å². The SMILES string of the molecule is CC1Cc2cc(/C(O)=C3\C(=O)C(=O)N(c4cccc(F)c4)C3c3c[nH]c4ccccc34)ccc2O1. The minimum absolute atomic E-state index is 0.0205. The monoisotopic (exact) mass is 468 g/mol. The lowest BCUT2D eigenvalue weighted by atomic mass is 9.94. The molecule has 0 spiro atoms. The third-order valence-corrected chi connectivity index (χ3v) is 6.62. The summed E-state index contributed by atoms with van der Waals surface area (Å²) in [5.74, 6) is -1.73. The summed E-state index contributed by atoms with van der Waals surface area (Å²) < 4.78 is 19.9. The fourth-order valence-electron chi connectivity index (χ4n) is 5.06. The molecule has 1 amide bonds. The van der Waals surface area contributed by atoms with Crippen molar-refractivity contribution in [1.29, 1.82) is 0 Å². The van der Waals surface area contributed by atoms with Gasteiger partial charge < -0.3 is 14.8 Å². The second-order valence-electron chi connectivity index (χ2n) is 8.89. The summed E-state index contributed by atoms with van der Waals surface area (Å²) in [6.45, 7) is 1.96. The van der Waals surface area contributed by atoms with Gasteiger partial charge in [-0.1, -0.05) is 24.3 Å². The second-order valence-corrected chi connectivity index (χ2v) is 8.89. The normalized spacial score (nSPS) is 20.9. The molecule has 1 aromatic heterocycles. The van der Waals surface area contributed by atoms with Crippen molar-refractivity contribution in [2.24, 2.45) is 0 Å². The molecule has 6 rings (SSSR count). The molecule has 2 atom stereocenters. The predicted molar refractivity (Wildman–Crippen MR) is 130 cm³/mol. The number of ether oxygens (including phenoxy) is 1. The van der Waals surface area contributed by atoms with Crippen molar-refractivity contribution in [3.05, 3.63) is 101 Å². The summed E-state index contributed by atoms with van der Waals surface area (Å²) >= 11 is 0. The summed E-state index contributed by atoms with van der Waals surface area (Å²) in [5, 5.41) is 12.2. The van der Waals surface area contributed by atoms with Gasteiger partial charge in [0.15, 0.2) is 0 Å². The van der Waals surface area contributed by atoms with Gasteiger partial charge in [-0.15, -0.1) is 0 Å². The number of aliphatic hydroxyl groups excluding tert-OH is 1. The van der Waals surface area contributed by atoms with Crippen LogP contribution in [-0.2, 0) is 16.0 Å². The number of aromatic nitrogens is 1. The van der Waals surface area contributed by atoms with E-state index in [0.29, 0.717) is 17.5 Å². The van der Waals surface area contributed by atoms with Crippen molar-refractivity contribution in [2.75, 3.05) is 4.90 Å². The Morgan fingerprint density at radius 3 is 2.74 bits per heavy atom. The molecule has 1 saturated heterocycles. The van der Waals surface area contributed by atoms with E-state index >= 15 is 0 Å². The van der Waals surface area contributed by atoms with E-state index in [9.17, 15) is 19.1 Å². The molecule has 2 aliphatic heterocycles. The summed E-state index contributed by atoms with van der Waals surface area (Å²) in [5.41, 5.74) is 2.97. The molecular weight excluding hydrogens is 447 g/mol. The summed E-state index contributed by atoms with van der Waals surface area (Å²) in [6.07, 6.45) is 2.42. The minimum atomic E-state index is -0.948. The van der Waals surface area contributed by atoms with Crippen LogP contribution in [-0.4, -0.2) is 27.9 Å². The highest BCUT2D eigenvalue weighted by Crippen LogP contribution is 2.44. The number of hydrogen-bond acceptors (Lipinski definition) is 4. The van der Waals surface area contributed by atoms with Crippen LogP contribution in [0.2, 0.25) is 0 Å². The van der Waals surface area contributed by atoms with Gasteiger partial charge in [-0.05, 0) is 55.0 Å². The molecule has 7 heteroatoms. The average Bonchev–Trinajstić information content (AvgIpc) is 3.51. The number of carbonyl (C=O) groups excluding carboxylic acids is 2. The summed E-state index contributed by atoms with van der Waals surface area (Å²) in [6, 6.07) is 17.3.